The van der Waals surface area contributed by atoms with E-state index in [-0.39, 0.29) is 18.6 Å². The smallest absolute Gasteiger partial charge is 0.254 e. The highest BCUT2D eigenvalue weighted by Crippen LogP contribution is 2.40. The van der Waals surface area contributed by atoms with Crippen molar-refractivity contribution in [2.75, 3.05) is 19.7 Å². The van der Waals surface area contributed by atoms with E-state index in [2.05, 4.69) is 18.9 Å². The fraction of sp³-hybridized carbons (Fsp3) is 0.611. The topological polar surface area (TPSA) is 71.2 Å². The van der Waals surface area contributed by atoms with Crippen LogP contribution in [0.4, 0.5) is 0 Å². The summed E-state index contributed by atoms with van der Waals surface area (Å²) in [6.45, 7) is 7.13. The molecule has 0 spiro atoms. The Balaban J connectivity index is 2.09. The summed E-state index contributed by atoms with van der Waals surface area (Å²) in [5.74, 6) is 0.428. The molecule has 1 fully saturated rings. The molecular weight excluding hydrogens is 304 g/mol. The minimum Gasteiger partial charge on any atom is -0.395 e. The van der Waals surface area contributed by atoms with Crippen LogP contribution in [0.2, 0.25) is 0 Å². The average Bonchev–Trinajstić information content (AvgIpc) is 3.32. The summed E-state index contributed by atoms with van der Waals surface area (Å²) in [5.41, 5.74) is 2.45. The van der Waals surface area contributed by atoms with E-state index in [1.807, 2.05) is 17.7 Å². The Morgan fingerprint density at radius 1 is 1.42 bits per heavy atom. The van der Waals surface area contributed by atoms with Gasteiger partial charge in [0.05, 0.1) is 23.8 Å². The van der Waals surface area contributed by atoms with E-state index in [0.29, 0.717) is 24.6 Å². The lowest BCUT2D eigenvalue weighted by Crippen LogP contribution is -2.34. The number of nitrogens with zero attached hydrogens (tertiary/aromatic N) is 4. The number of carbonyl (C=O) groups excluding carboxylic acids is 1. The van der Waals surface area contributed by atoms with Crippen molar-refractivity contribution in [1.29, 1.82) is 0 Å². The molecule has 0 saturated heterocycles. The molecule has 3 rings (SSSR count). The Morgan fingerprint density at radius 2 is 2.17 bits per heavy atom. The monoisotopic (exact) mass is 330 g/mol. The van der Waals surface area contributed by atoms with Gasteiger partial charge in [0.25, 0.3) is 5.91 Å². The second-order valence-corrected chi connectivity index (χ2v) is 6.80. The molecule has 1 aliphatic rings. The number of aliphatic hydroxyl groups is 1. The molecule has 0 atom stereocenters. The van der Waals surface area contributed by atoms with Gasteiger partial charge in [-0.3, -0.25) is 4.79 Å². The van der Waals surface area contributed by atoms with Gasteiger partial charge in [0.15, 0.2) is 5.65 Å². The maximum atomic E-state index is 13.1. The van der Waals surface area contributed by atoms with Crippen LogP contribution in [0.3, 0.4) is 0 Å². The van der Waals surface area contributed by atoms with Crippen molar-refractivity contribution in [2.45, 2.75) is 52.0 Å². The third-order valence-electron chi connectivity index (χ3n) is 4.45. The number of hydrogen-bond acceptors (Lipinski definition) is 4. The fourth-order valence-electron chi connectivity index (χ4n) is 3.06. The van der Waals surface area contributed by atoms with Crippen molar-refractivity contribution in [3.63, 3.8) is 0 Å². The first-order valence-corrected chi connectivity index (χ1v) is 8.85. The van der Waals surface area contributed by atoms with Gasteiger partial charge in [0, 0.05) is 30.7 Å². The second-order valence-electron chi connectivity index (χ2n) is 6.80. The first-order chi connectivity index (χ1) is 11.6. The van der Waals surface area contributed by atoms with Crippen molar-refractivity contribution in [2.24, 2.45) is 0 Å². The van der Waals surface area contributed by atoms with E-state index in [9.17, 15) is 9.90 Å². The average molecular weight is 330 g/mol. The number of aromatic nitrogens is 3. The molecule has 1 aliphatic carbocycles. The third kappa shape index (κ3) is 3.15. The van der Waals surface area contributed by atoms with Gasteiger partial charge in [-0.15, -0.1) is 0 Å². The molecule has 0 unspecified atom stereocenters. The molecule has 2 heterocycles. The Hall–Kier alpha value is -1.95. The molecule has 1 saturated carbocycles. The largest absolute Gasteiger partial charge is 0.395 e. The van der Waals surface area contributed by atoms with Crippen LogP contribution in [0.15, 0.2) is 12.3 Å². The van der Waals surface area contributed by atoms with Crippen molar-refractivity contribution >= 4 is 16.9 Å². The van der Waals surface area contributed by atoms with Crippen molar-refractivity contribution < 1.29 is 9.90 Å². The minimum absolute atomic E-state index is 0.0271. The van der Waals surface area contributed by atoms with Crippen molar-refractivity contribution in [3.8, 4) is 0 Å². The van der Waals surface area contributed by atoms with Gasteiger partial charge in [0.2, 0.25) is 0 Å². The number of fused-ring (bicyclic) bond motifs is 1. The molecule has 0 aromatic carbocycles. The molecule has 0 radical (unpaired) electrons. The maximum absolute atomic E-state index is 13.1. The maximum Gasteiger partial charge on any atom is 0.254 e. The molecule has 6 nitrogen and oxygen atoms in total. The highest BCUT2D eigenvalue weighted by Gasteiger charge is 2.29. The van der Waals surface area contributed by atoms with Gasteiger partial charge in [-0.05, 0) is 39.2 Å². The first kappa shape index (κ1) is 16.9. The normalized spacial score (nSPS) is 14.5. The second kappa shape index (κ2) is 6.89. The third-order valence-corrected chi connectivity index (χ3v) is 4.45. The standard InChI is InChI=1S/C18H26N4O2/c1-4-7-21(8-9-23)18(24)14-10-16(13-5-6-13)20-17-15(14)11-19-22(17)12(2)3/h10-13,23H,4-9H2,1-3H3. The molecule has 24 heavy (non-hydrogen) atoms. The van der Waals surface area contributed by atoms with Crippen LogP contribution in [-0.4, -0.2) is 50.4 Å². The van der Waals surface area contributed by atoms with Gasteiger partial charge in [0.1, 0.15) is 0 Å². The molecule has 2 aromatic heterocycles. The lowest BCUT2D eigenvalue weighted by Gasteiger charge is -2.21. The molecule has 1 N–H and O–H groups in total. The van der Waals surface area contributed by atoms with Gasteiger partial charge < -0.3 is 10.0 Å². The number of aliphatic hydroxyl groups excluding tert-OH is 1. The summed E-state index contributed by atoms with van der Waals surface area (Å²) < 4.78 is 1.88. The van der Waals surface area contributed by atoms with Crippen molar-refractivity contribution in [3.05, 3.63) is 23.5 Å². The summed E-state index contributed by atoms with van der Waals surface area (Å²) >= 11 is 0. The molecule has 2 aromatic rings. The lowest BCUT2D eigenvalue weighted by atomic mass is 10.1. The van der Waals surface area contributed by atoms with Crippen molar-refractivity contribution in [1.82, 2.24) is 19.7 Å². The Labute approximate surface area is 142 Å². The molecule has 130 valence electrons. The van der Waals surface area contributed by atoms with Gasteiger partial charge >= 0.3 is 0 Å². The van der Waals surface area contributed by atoms with Crippen LogP contribution in [0.25, 0.3) is 11.0 Å². The van der Waals surface area contributed by atoms with E-state index in [1.165, 1.54) is 0 Å². The minimum atomic E-state index is -0.0384. The van der Waals surface area contributed by atoms with Crippen LogP contribution in [0, 0.1) is 0 Å². The summed E-state index contributed by atoms with van der Waals surface area (Å²) in [5, 5.41) is 14.5. The van der Waals surface area contributed by atoms with Crippen LogP contribution in [0.5, 0.6) is 0 Å². The van der Waals surface area contributed by atoms with Crippen LogP contribution < -0.4 is 0 Å². The summed E-state index contributed by atoms with van der Waals surface area (Å²) in [7, 11) is 0. The Kier molecular flexibility index (Phi) is 4.85. The number of pyridine rings is 1. The van der Waals surface area contributed by atoms with E-state index in [0.717, 1.165) is 36.0 Å². The quantitative estimate of drug-likeness (QED) is 0.847. The molecule has 1 amide bonds. The number of rotatable bonds is 7. The number of carbonyl (C=O) groups is 1. The van der Waals surface area contributed by atoms with E-state index in [1.54, 1.807) is 11.1 Å². The molecule has 0 aliphatic heterocycles. The fourth-order valence-corrected chi connectivity index (χ4v) is 3.06. The van der Waals surface area contributed by atoms with E-state index >= 15 is 0 Å². The molecule has 0 bridgehead atoms. The number of amides is 1. The zero-order valence-corrected chi connectivity index (χ0v) is 14.7. The zero-order valence-electron chi connectivity index (χ0n) is 14.7. The van der Waals surface area contributed by atoms with E-state index < -0.39 is 0 Å². The van der Waals surface area contributed by atoms with E-state index in [4.69, 9.17) is 4.98 Å². The summed E-state index contributed by atoms with van der Waals surface area (Å²) in [6, 6.07) is 2.13. The van der Waals surface area contributed by atoms with Crippen LogP contribution in [-0.2, 0) is 0 Å². The number of hydrogen-bond donors (Lipinski definition) is 1. The lowest BCUT2D eigenvalue weighted by molar-refractivity contribution is 0.0723. The van der Waals surface area contributed by atoms with Gasteiger partial charge in [-0.2, -0.15) is 5.10 Å². The summed E-state index contributed by atoms with van der Waals surface area (Å²) in [4.78, 5) is 19.6. The highest BCUT2D eigenvalue weighted by molar-refractivity contribution is 6.05. The highest BCUT2D eigenvalue weighted by atomic mass is 16.3. The molecule has 6 heteroatoms. The van der Waals surface area contributed by atoms with Gasteiger partial charge in [-0.25, -0.2) is 9.67 Å². The van der Waals surface area contributed by atoms with Crippen LogP contribution in [0.1, 0.15) is 68.0 Å². The predicted molar refractivity (Wildman–Crippen MR) is 93.2 cm³/mol. The SMILES string of the molecule is CCCN(CCO)C(=O)c1cc(C2CC2)nc2c1cnn2C(C)C. The van der Waals surface area contributed by atoms with Gasteiger partial charge in [-0.1, -0.05) is 6.92 Å². The Bertz CT molecular complexity index is 728. The predicted octanol–water partition coefficient (Wildman–Crippen LogP) is 2.73. The first-order valence-electron chi connectivity index (χ1n) is 8.85. The summed E-state index contributed by atoms with van der Waals surface area (Å²) in [6.07, 6.45) is 4.88. The van der Waals surface area contributed by atoms with Crippen LogP contribution >= 0.6 is 0 Å². The molecular formula is C18H26N4O2. The zero-order chi connectivity index (χ0) is 17.3. The Morgan fingerprint density at radius 3 is 2.75 bits per heavy atom.